The maximum Gasteiger partial charge on any atom is 0.329 e. The highest BCUT2D eigenvalue weighted by atomic mass is 16.3. The number of piperidine rings is 4. The van der Waals surface area contributed by atoms with Gasteiger partial charge in [-0.3, -0.25) is 28.8 Å². The number of hydrogen-bond donors (Lipinski definition) is 2. The van der Waals surface area contributed by atoms with Gasteiger partial charge in [0.2, 0.25) is 17.7 Å². The topological polar surface area (TPSA) is 149 Å². The van der Waals surface area contributed by atoms with E-state index in [-0.39, 0.29) is 35.1 Å². The normalized spacial score (nSPS) is 21.9. The van der Waals surface area contributed by atoms with Crippen LogP contribution in [-0.4, -0.2) is 111 Å². The summed E-state index contributed by atoms with van der Waals surface area (Å²) in [5.74, 6) is 0.348. The standard InChI is InChI=1S/C48H55N9O5/c1-52-41-28-35(11-12-39(41)57(46(52)62)40-13-14-43(59)50-44(40)60)54-21-15-33(16-22-54)30-53-23-17-47(18-24-53)31-56(32-47)45(61)48(34-7-3-2-4-8-34)19-25-55(26-20-48)36-27-38(51-49-29-36)37-9-5-6-10-42(37)58/h2-12,27-29,33,40,58H,13-26,30-32H2,1H3,(H,50,59,60)/t40-/m1/s1. The predicted octanol–water partition coefficient (Wildman–Crippen LogP) is 4.86. The summed E-state index contributed by atoms with van der Waals surface area (Å²) in [6.45, 7) is 8.25. The molecular formula is C48H55N9O5. The first-order valence-corrected chi connectivity index (χ1v) is 22.3. The van der Waals surface area contributed by atoms with Gasteiger partial charge in [0.15, 0.2) is 0 Å². The maximum atomic E-state index is 14.7. The number of anilines is 2. The molecule has 0 aliphatic carbocycles. The van der Waals surface area contributed by atoms with Crippen LogP contribution in [0, 0.1) is 11.3 Å². The van der Waals surface area contributed by atoms with Gasteiger partial charge >= 0.3 is 5.69 Å². The lowest BCUT2D eigenvalue weighted by molar-refractivity contribution is -0.154. The van der Waals surface area contributed by atoms with E-state index < -0.39 is 17.4 Å². The van der Waals surface area contributed by atoms with Gasteiger partial charge in [-0.05, 0) is 106 Å². The Morgan fingerprint density at radius 1 is 0.790 bits per heavy atom. The fourth-order valence-corrected chi connectivity index (χ4v) is 11.1. The number of aromatic nitrogens is 4. The average Bonchev–Trinajstić information content (AvgIpc) is 3.54. The highest BCUT2D eigenvalue weighted by Gasteiger charge is 2.53. The number of carbonyl (C=O) groups excluding carboxylic acids is 3. The number of phenols is 1. The molecule has 0 unspecified atom stereocenters. The number of rotatable bonds is 8. The third-order valence-corrected chi connectivity index (χ3v) is 14.9. The van der Waals surface area contributed by atoms with Crippen LogP contribution in [-0.2, 0) is 26.8 Å². The van der Waals surface area contributed by atoms with Crippen molar-refractivity contribution in [3.05, 3.63) is 101 Å². The average molecular weight is 838 g/mol. The summed E-state index contributed by atoms with van der Waals surface area (Å²) in [7, 11) is 1.75. The molecular weight excluding hydrogens is 783 g/mol. The van der Waals surface area contributed by atoms with E-state index in [0.29, 0.717) is 42.0 Å². The van der Waals surface area contributed by atoms with Crippen LogP contribution in [0.2, 0.25) is 0 Å². The third-order valence-electron chi connectivity index (χ3n) is 14.9. The van der Waals surface area contributed by atoms with Gasteiger partial charge in [-0.2, -0.15) is 10.2 Å². The smallest absolute Gasteiger partial charge is 0.329 e. The summed E-state index contributed by atoms with van der Waals surface area (Å²) in [4.78, 5) is 61.9. The number of imide groups is 1. The lowest BCUT2D eigenvalue weighted by Crippen LogP contribution is -2.66. The van der Waals surface area contributed by atoms with Gasteiger partial charge in [-0.25, -0.2) is 4.79 Å². The van der Waals surface area contributed by atoms with Gasteiger partial charge in [0.05, 0.1) is 34.0 Å². The first-order chi connectivity index (χ1) is 30.1. The fraction of sp³-hybridized carbons (Fsp3) is 0.458. The summed E-state index contributed by atoms with van der Waals surface area (Å²) >= 11 is 0. The molecule has 14 heteroatoms. The molecule has 3 amide bonds. The zero-order valence-corrected chi connectivity index (χ0v) is 35.4. The number of benzene rings is 3. The van der Waals surface area contributed by atoms with Crippen molar-refractivity contribution in [1.29, 1.82) is 0 Å². The van der Waals surface area contributed by atoms with Crippen molar-refractivity contribution < 1.29 is 19.5 Å². The minimum absolute atomic E-state index is 0.174. The quantitative estimate of drug-likeness (QED) is 0.208. The Morgan fingerprint density at radius 2 is 1.50 bits per heavy atom. The summed E-state index contributed by atoms with van der Waals surface area (Å²) in [6.07, 6.45) is 8.19. The molecule has 5 aliphatic rings. The Kier molecular flexibility index (Phi) is 10.4. The molecule has 5 aromatic rings. The zero-order chi connectivity index (χ0) is 42.6. The number of aromatic hydroxyl groups is 1. The van der Waals surface area contributed by atoms with Crippen molar-refractivity contribution in [2.45, 2.75) is 62.8 Å². The molecule has 62 heavy (non-hydrogen) atoms. The summed E-state index contributed by atoms with van der Waals surface area (Å²) in [5, 5.41) is 21.4. The number of fused-ring (bicyclic) bond motifs is 1. The highest BCUT2D eigenvalue weighted by molar-refractivity contribution is 6.00. The highest BCUT2D eigenvalue weighted by Crippen LogP contribution is 2.46. The van der Waals surface area contributed by atoms with Crippen molar-refractivity contribution in [1.82, 2.24) is 34.4 Å². The first-order valence-electron chi connectivity index (χ1n) is 22.3. The third kappa shape index (κ3) is 7.21. The second-order valence-corrected chi connectivity index (χ2v) is 18.5. The number of carbonyl (C=O) groups is 3. The van der Waals surface area contributed by atoms with Gasteiger partial charge in [0.1, 0.15) is 11.8 Å². The van der Waals surface area contributed by atoms with E-state index in [9.17, 15) is 24.3 Å². The number of phenolic OH excluding ortho intramolecular Hbond substituents is 1. The Labute approximate surface area is 361 Å². The molecule has 322 valence electrons. The second kappa shape index (κ2) is 16.0. The Hall–Kier alpha value is -6.02. The molecule has 14 nitrogen and oxygen atoms in total. The zero-order valence-electron chi connectivity index (χ0n) is 35.4. The van der Waals surface area contributed by atoms with E-state index in [0.717, 1.165) is 107 Å². The van der Waals surface area contributed by atoms with E-state index in [1.54, 1.807) is 34.5 Å². The van der Waals surface area contributed by atoms with Gasteiger partial charge < -0.3 is 24.7 Å². The lowest BCUT2D eigenvalue weighted by Gasteiger charge is -2.57. The van der Waals surface area contributed by atoms with Crippen LogP contribution in [0.25, 0.3) is 22.3 Å². The SMILES string of the molecule is Cn1c(=O)n([C@@H]2CCC(=O)NC2=O)c2ccc(N3CCC(CN4CCC5(CC4)CN(C(=O)C4(c6ccccc6)CCN(c6cnnc(-c7ccccc7O)c6)CC4)C5)CC3)cc21. The largest absolute Gasteiger partial charge is 0.507 e. The number of aryl methyl sites for hydroxylation is 1. The molecule has 7 heterocycles. The minimum atomic E-state index is -0.687. The van der Waals surface area contributed by atoms with Crippen molar-refractivity contribution in [2.24, 2.45) is 18.4 Å². The molecule has 2 aromatic heterocycles. The van der Waals surface area contributed by atoms with Crippen LogP contribution < -0.4 is 20.8 Å². The number of nitrogens with zero attached hydrogens (tertiary/aromatic N) is 8. The van der Waals surface area contributed by atoms with Crippen LogP contribution in [0.3, 0.4) is 0 Å². The van der Waals surface area contributed by atoms with Crippen LogP contribution in [0.5, 0.6) is 5.75 Å². The molecule has 2 N–H and O–H groups in total. The molecule has 5 fully saturated rings. The molecule has 3 aromatic carbocycles. The maximum absolute atomic E-state index is 14.7. The van der Waals surface area contributed by atoms with Crippen LogP contribution >= 0.6 is 0 Å². The van der Waals surface area contributed by atoms with Crippen molar-refractivity contribution in [3.63, 3.8) is 0 Å². The molecule has 1 spiro atoms. The summed E-state index contributed by atoms with van der Waals surface area (Å²) < 4.78 is 3.15. The fourth-order valence-electron chi connectivity index (χ4n) is 11.1. The van der Waals surface area contributed by atoms with E-state index in [2.05, 4.69) is 59.4 Å². The van der Waals surface area contributed by atoms with E-state index in [1.165, 1.54) is 0 Å². The van der Waals surface area contributed by atoms with Gasteiger partial charge in [-0.1, -0.05) is 42.5 Å². The molecule has 0 saturated carbocycles. The van der Waals surface area contributed by atoms with E-state index in [1.807, 2.05) is 42.5 Å². The minimum Gasteiger partial charge on any atom is -0.507 e. The Balaban J connectivity index is 0.727. The van der Waals surface area contributed by atoms with Crippen molar-refractivity contribution in [3.8, 4) is 17.0 Å². The Morgan fingerprint density at radius 3 is 2.23 bits per heavy atom. The van der Waals surface area contributed by atoms with Gasteiger partial charge in [0, 0.05) is 75.9 Å². The predicted molar refractivity (Wildman–Crippen MR) is 237 cm³/mol. The Bertz CT molecular complexity index is 2560. The van der Waals surface area contributed by atoms with Crippen molar-refractivity contribution >= 4 is 40.1 Å². The van der Waals surface area contributed by atoms with Crippen molar-refractivity contribution in [2.75, 3.05) is 68.7 Å². The molecule has 10 rings (SSSR count). The van der Waals surface area contributed by atoms with Gasteiger partial charge in [-0.15, -0.1) is 0 Å². The molecule has 0 radical (unpaired) electrons. The summed E-state index contributed by atoms with van der Waals surface area (Å²) in [5.41, 5.74) is 5.29. The van der Waals surface area contributed by atoms with Crippen LogP contribution in [0.1, 0.15) is 63.0 Å². The van der Waals surface area contributed by atoms with Crippen LogP contribution in [0.15, 0.2) is 89.9 Å². The van der Waals surface area contributed by atoms with E-state index >= 15 is 0 Å². The lowest BCUT2D eigenvalue weighted by atomic mass is 9.67. The number of nitrogens with one attached hydrogen (secondary N) is 1. The molecule has 0 bridgehead atoms. The number of likely N-dealkylation sites (tertiary alicyclic amines) is 2. The number of hydrogen-bond acceptors (Lipinski definition) is 10. The summed E-state index contributed by atoms with van der Waals surface area (Å²) in [6, 6.07) is 24.9. The first kappa shape index (κ1) is 40.1. The van der Waals surface area contributed by atoms with Gasteiger partial charge in [0.25, 0.3) is 0 Å². The molecule has 5 saturated heterocycles. The number of amides is 3. The number of para-hydroxylation sites is 1. The number of imidazole rings is 1. The second-order valence-electron chi connectivity index (χ2n) is 18.5. The molecule has 5 aliphatic heterocycles. The van der Waals surface area contributed by atoms with E-state index in [4.69, 9.17) is 0 Å². The monoisotopic (exact) mass is 837 g/mol. The van der Waals surface area contributed by atoms with Crippen LogP contribution in [0.4, 0.5) is 11.4 Å². The molecule has 1 atom stereocenters.